The lowest BCUT2D eigenvalue weighted by atomic mass is 10.2. The Morgan fingerprint density at radius 3 is 2.76 bits per heavy atom. The van der Waals surface area contributed by atoms with Crippen LogP contribution in [0.25, 0.3) is 5.69 Å². The maximum absolute atomic E-state index is 13.1. The van der Waals surface area contributed by atoms with Crippen LogP contribution in [0.1, 0.15) is 5.56 Å². The fourth-order valence-corrected chi connectivity index (χ4v) is 2.43. The highest BCUT2D eigenvalue weighted by Gasteiger charge is 2.35. The molecular weight excluding hydrogens is 377 g/mol. The number of nitrogens with zero attached hydrogens (tertiary/aromatic N) is 4. The Hall–Kier alpha value is -1.62. The Morgan fingerprint density at radius 1 is 1.43 bits per heavy atom. The van der Waals surface area contributed by atoms with Gasteiger partial charge in [-0.25, -0.2) is 0 Å². The summed E-state index contributed by atoms with van der Waals surface area (Å²) in [5, 5.41) is 18.9. The molecule has 0 saturated carbocycles. The predicted octanol–water partition coefficient (Wildman–Crippen LogP) is 2.62. The number of carboxylic acid groups (broad SMARTS) is 1. The molecule has 1 heterocycles. The summed E-state index contributed by atoms with van der Waals surface area (Å²) >= 11 is 3.70. The van der Waals surface area contributed by atoms with Gasteiger partial charge in [0.15, 0.2) is 0 Å². The highest BCUT2D eigenvalue weighted by molar-refractivity contribution is 9.10. The Labute approximate surface area is 128 Å². The third-order valence-corrected chi connectivity index (χ3v) is 3.66. The third kappa shape index (κ3) is 3.73. The first-order valence-corrected chi connectivity index (χ1v) is 7.07. The molecule has 0 spiro atoms. The number of aliphatic carboxylic acids is 1. The number of alkyl halides is 3. The second-order valence-corrected chi connectivity index (χ2v) is 5.57. The summed E-state index contributed by atoms with van der Waals surface area (Å²) in [6.07, 6.45) is -4.60. The van der Waals surface area contributed by atoms with E-state index in [9.17, 15) is 18.0 Å². The highest BCUT2D eigenvalue weighted by Crippen LogP contribution is 2.36. The molecule has 11 heteroatoms. The average Bonchev–Trinajstić information content (AvgIpc) is 2.83. The van der Waals surface area contributed by atoms with E-state index in [4.69, 9.17) is 5.11 Å². The number of rotatable bonds is 4. The van der Waals surface area contributed by atoms with Crippen molar-refractivity contribution in [2.75, 3.05) is 5.75 Å². The lowest BCUT2D eigenvalue weighted by Crippen LogP contribution is -2.12. The summed E-state index contributed by atoms with van der Waals surface area (Å²) in [6.45, 7) is 0. The zero-order chi connectivity index (χ0) is 15.6. The van der Waals surface area contributed by atoms with Crippen LogP contribution in [0, 0.1) is 0 Å². The first kappa shape index (κ1) is 15.8. The van der Waals surface area contributed by atoms with E-state index >= 15 is 0 Å². The molecule has 0 unspecified atom stereocenters. The number of thioether (sulfide) groups is 1. The van der Waals surface area contributed by atoms with E-state index < -0.39 is 17.7 Å². The molecule has 1 aromatic heterocycles. The van der Waals surface area contributed by atoms with Gasteiger partial charge in [-0.2, -0.15) is 17.9 Å². The molecule has 0 bridgehead atoms. The van der Waals surface area contributed by atoms with Gasteiger partial charge < -0.3 is 5.11 Å². The van der Waals surface area contributed by atoms with E-state index in [0.29, 0.717) is 0 Å². The van der Waals surface area contributed by atoms with Crippen molar-refractivity contribution in [3.8, 4) is 5.69 Å². The molecule has 6 nitrogen and oxygen atoms in total. The number of carbonyl (C=O) groups is 1. The van der Waals surface area contributed by atoms with Gasteiger partial charge in [0.1, 0.15) is 0 Å². The number of hydrogen-bond acceptors (Lipinski definition) is 5. The standard InChI is InChI=1S/C10H6BrF3N4O2S/c11-5-1-2-7(6(3-5)10(12,13)14)18-9(15-16-17-18)21-4-8(19)20/h1-3H,4H2,(H,19,20). The summed E-state index contributed by atoms with van der Waals surface area (Å²) in [5.41, 5.74) is -1.20. The first-order chi connectivity index (χ1) is 9.79. The molecule has 2 rings (SSSR count). The van der Waals surface area contributed by atoms with E-state index in [0.717, 1.165) is 22.5 Å². The minimum Gasteiger partial charge on any atom is -0.481 e. The summed E-state index contributed by atoms with van der Waals surface area (Å²) in [7, 11) is 0. The monoisotopic (exact) mass is 382 g/mol. The van der Waals surface area contributed by atoms with Crippen LogP contribution in [-0.4, -0.2) is 37.0 Å². The zero-order valence-corrected chi connectivity index (χ0v) is 12.4. The van der Waals surface area contributed by atoms with Crippen LogP contribution in [0.2, 0.25) is 0 Å². The molecule has 0 amide bonds. The first-order valence-electron chi connectivity index (χ1n) is 5.29. The minimum atomic E-state index is -4.60. The van der Waals surface area contributed by atoms with Crippen LogP contribution in [0.15, 0.2) is 27.8 Å². The molecule has 0 radical (unpaired) electrons. The SMILES string of the molecule is O=C(O)CSc1nnnn1-c1ccc(Br)cc1C(F)(F)F. The Bertz CT molecular complexity index is 677. The average molecular weight is 383 g/mol. The molecule has 0 atom stereocenters. The molecule has 112 valence electrons. The highest BCUT2D eigenvalue weighted by atomic mass is 79.9. The number of benzene rings is 1. The fraction of sp³-hybridized carbons (Fsp3) is 0.200. The molecule has 0 fully saturated rings. The van der Waals surface area contributed by atoms with Crippen LogP contribution in [-0.2, 0) is 11.0 Å². The Kier molecular flexibility index (Phi) is 4.52. The quantitative estimate of drug-likeness (QED) is 0.818. The lowest BCUT2D eigenvalue weighted by molar-refractivity contribution is -0.137. The normalized spacial score (nSPS) is 11.6. The second-order valence-electron chi connectivity index (χ2n) is 3.71. The summed E-state index contributed by atoms with van der Waals surface area (Å²) in [4.78, 5) is 10.5. The van der Waals surface area contributed by atoms with Crippen LogP contribution in [0.3, 0.4) is 0 Å². The number of aromatic nitrogens is 4. The van der Waals surface area contributed by atoms with Crippen molar-refractivity contribution < 1.29 is 23.1 Å². The Morgan fingerprint density at radius 2 is 2.14 bits per heavy atom. The minimum absolute atomic E-state index is 0.0368. The summed E-state index contributed by atoms with van der Waals surface area (Å²) in [6, 6.07) is 3.52. The third-order valence-electron chi connectivity index (χ3n) is 2.26. The molecule has 2 aromatic rings. The van der Waals surface area contributed by atoms with Crippen LogP contribution < -0.4 is 0 Å². The van der Waals surface area contributed by atoms with Gasteiger partial charge in [-0.15, -0.1) is 5.10 Å². The number of carboxylic acids is 1. The van der Waals surface area contributed by atoms with Gasteiger partial charge >= 0.3 is 12.1 Å². The molecule has 1 aromatic carbocycles. The van der Waals surface area contributed by atoms with Gasteiger partial charge in [-0.05, 0) is 28.6 Å². The maximum Gasteiger partial charge on any atom is 0.418 e. The fourth-order valence-electron chi connectivity index (χ4n) is 1.47. The molecule has 21 heavy (non-hydrogen) atoms. The van der Waals surface area contributed by atoms with E-state index in [1.54, 1.807) is 0 Å². The zero-order valence-electron chi connectivity index (χ0n) is 10.0. The smallest absolute Gasteiger partial charge is 0.418 e. The van der Waals surface area contributed by atoms with Gasteiger partial charge in [-0.3, -0.25) is 4.79 Å². The summed E-state index contributed by atoms with van der Waals surface area (Å²) < 4.78 is 40.3. The van der Waals surface area contributed by atoms with E-state index in [1.165, 1.54) is 12.1 Å². The van der Waals surface area contributed by atoms with Crippen molar-refractivity contribution in [3.05, 3.63) is 28.2 Å². The molecule has 0 saturated heterocycles. The van der Waals surface area contributed by atoms with Gasteiger partial charge in [0.25, 0.3) is 0 Å². The van der Waals surface area contributed by atoms with Gasteiger partial charge in [-0.1, -0.05) is 27.7 Å². The molecule has 1 N–H and O–H groups in total. The maximum atomic E-state index is 13.1. The van der Waals surface area contributed by atoms with Crippen molar-refractivity contribution in [3.63, 3.8) is 0 Å². The number of tetrazole rings is 1. The summed E-state index contributed by atoms with van der Waals surface area (Å²) in [5.74, 6) is -1.49. The largest absolute Gasteiger partial charge is 0.481 e. The van der Waals surface area contributed by atoms with Gasteiger partial charge in [0.05, 0.1) is 17.0 Å². The van der Waals surface area contributed by atoms with Gasteiger partial charge in [0, 0.05) is 4.47 Å². The number of halogens is 4. The molecule has 0 aliphatic heterocycles. The topological polar surface area (TPSA) is 80.9 Å². The van der Waals surface area contributed by atoms with Crippen molar-refractivity contribution in [2.24, 2.45) is 0 Å². The number of hydrogen-bond donors (Lipinski definition) is 1. The van der Waals surface area contributed by atoms with E-state index in [-0.39, 0.29) is 21.1 Å². The second kappa shape index (κ2) is 6.02. The van der Waals surface area contributed by atoms with E-state index in [1.807, 2.05) is 0 Å². The van der Waals surface area contributed by atoms with Gasteiger partial charge in [0.2, 0.25) is 5.16 Å². The predicted molar refractivity (Wildman–Crippen MR) is 70.2 cm³/mol. The lowest BCUT2D eigenvalue weighted by Gasteiger charge is -2.13. The van der Waals surface area contributed by atoms with Crippen LogP contribution in [0.4, 0.5) is 13.2 Å². The van der Waals surface area contributed by atoms with Crippen molar-refractivity contribution in [1.82, 2.24) is 20.2 Å². The van der Waals surface area contributed by atoms with Crippen molar-refractivity contribution in [2.45, 2.75) is 11.3 Å². The molecule has 0 aliphatic rings. The molecule has 0 aliphatic carbocycles. The Balaban J connectivity index is 2.48. The van der Waals surface area contributed by atoms with E-state index in [2.05, 4.69) is 31.5 Å². The van der Waals surface area contributed by atoms with Crippen LogP contribution in [0.5, 0.6) is 0 Å². The van der Waals surface area contributed by atoms with Crippen molar-refractivity contribution >= 4 is 33.7 Å². The van der Waals surface area contributed by atoms with Crippen LogP contribution >= 0.6 is 27.7 Å². The van der Waals surface area contributed by atoms with Crippen molar-refractivity contribution in [1.29, 1.82) is 0 Å². The molecular formula is C10H6BrF3N4O2S.